The molecule has 1 saturated heterocycles. The van der Waals surface area contributed by atoms with Crippen LogP contribution in [0.5, 0.6) is 0 Å². The Kier molecular flexibility index (Phi) is 5.50. The molecule has 1 aliphatic heterocycles. The van der Waals surface area contributed by atoms with Gasteiger partial charge in [0.25, 0.3) is 11.7 Å². The van der Waals surface area contributed by atoms with E-state index >= 15 is 0 Å². The first-order chi connectivity index (χ1) is 13.3. The van der Waals surface area contributed by atoms with E-state index in [1.807, 2.05) is 43.3 Å². The summed E-state index contributed by atoms with van der Waals surface area (Å²) in [6.07, 6.45) is 1.59. The van der Waals surface area contributed by atoms with Gasteiger partial charge in [-0.15, -0.1) is 6.58 Å². The molecule has 2 aromatic rings. The summed E-state index contributed by atoms with van der Waals surface area (Å²) >= 11 is 0. The van der Waals surface area contributed by atoms with Crippen molar-refractivity contribution in [2.75, 3.05) is 6.54 Å². The van der Waals surface area contributed by atoms with Crippen LogP contribution >= 0.6 is 0 Å². The number of Topliss-reactive ketones (excluding diaryl/α,β-unsaturated/α-hetero) is 1. The molecule has 0 saturated carbocycles. The predicted octanol–water partition coefficient (Wildman–Crippen LogP) is 4.73. The van der Waals surface area contributed by atoms with Crippen LogP contribution in [-0.2, 0) is 9.59 Å². The molecule has 0 radical (unpaired) electrons. The number of hydrogen-bond acceptors (Lipinski definition) is 3. The number of amides is 1. The Labute approximate surface area is 165 Å². The Morgan fingerprint density at radius 2 is 1.71 bits per heavy atom. The average Bonchev–Trinajstić information content (AvgIpc) is 2.93. The molecule has 2 aromatic carbocycles. The van der Waals surface area contributed by atoms with E-state index in [0.29, 0.717) is 11.5 Å². The maximum atomic E-state index is 12.8. The van der Waals surface area contributed by atoms with Crippen LogP contribution in [0.3, 0.4) is 0 Å². The lowest BCUT2D eigenvalue weighted by molar-refractivity contribution is -0.139. The molecule has 1 aliphatic rings. The maximum Gasteiger partial charge on any atom is 0.295 e. The zero-order valence-corrected chi connectivity index (χ0v) is 16.5. The van der Waals surface area contributed by atoms with Crippen LogP contribution in [0.25, 0.3) is 5.76 Å². The van der Waals surface area contributed by atoms with Crippen LogP contribution in [0.15, 0.2) is 66.8 Å². The number of aryl methyl sites for hydroxylation is 1. The largest absolute Gasteiger partial charge is 0.507 e. The van der Waals surface area contributed by atoms with Crippen LogP contribution in [0.2, 0.25) is 0 Å². The Balaban J connectivity index is 2.15. The van der Waals surface area contributed by atoms with Gasteiger partial charge in [0.05, 0.1) is 11.6 Å². The van der Waals surface area contributed by atoms with Crippen molar-refractivity contribution < 1.29 is 14.7 Å². The van der Waals surface area contributed by atoms with E-state index in [0.717, 1.165) is 11.1 Å². The van der Waals surface area contributed by atoms with Crippen LogP contribution < -0.4 is 0 Å². The zero-order valence-electron chi connectivity index (χ0n) is 16.5. The second-order valence-electron chi connectivity index (χ2n) is 7.43. The average molecular weight is 375 g/mol. The quantitative estimate of drug-likeness (QED) is 0.356. The van der Waals surface area contributed by atoms with Gasteiger partial charge in [-0.3, -0.25) is 9.59 Å². The summed E-state index contributed by atoms with van der Waals surface area (Å²) in [5, 5.41) is 10.9. The molecule has 4 nitrogen and oxygen atoms in total. The topological polar surface area (TPSA) is 57.6 Å². The highest BCUT2D eigenvalue weighted by molar-refractivity contribution is 6.46. The molecule has 1 heterocycles. The number of carbonyl (C=O) groups is 2. The minimum atomic E-state index is -0.669. The van der Waals surface area contributed by atoms with Crippen LogP contribution in [0, 0.1) is 6.92 Å². The molecule has 0 aromatic heterocycles. The summed E-state index contributed by atoms with van der Waals surface area (Å²) in [7, 11) is 0. The van der Waals surface area contributed by atoms with Gasteiger partial charge in [-0.25, -0.2) is 0 Å². The summed E-state index contributed by atoms with van der Waals surface area (Å²) in [5.74, 6) is -1.06. The first-order valence-corrected chi connectivity index (χ1v) is 9.41. The number of benzene rings is 2. The van der Waals surface area contributed by atoms with Crippen molar-refractivity contribution in [3.05, 3.63) is 89.0 Å². The molecule has 144 valence electrons. The number of aliphatic hydroxyl groups excluding tert-OH is 1. The van der Waals surface area contributed by atoms with Crippen molar-refractivity contribution in [2.45, 2.75) is 32.7 Å². The van der Waals surface area contributed by atoms with Crippen LogP contribution in [0.1, 0.15) is 48.1 Å². The van der Waals surface area contributed by atoms with Gasteiger partial charge in [-0.2, -0.15) is 0 Å². The van der Waals surface area contributed by atoms with Gasteiger partial charge in [0.2, 0.25) is 0 Å². The molecule has 0 spiro atoms. The zero-order chi connectivity index (χ0) is 20.4. The lowest BCUT2D eigenvalue weighted by atomic mass is 9.93. The third kappa shape index (κ3) is 3.50. The Morgan fingerprint density at radius 1 is 1.11 bits per heavy atom. The molecule has 4 heteroatoms. The van der Waals surface area contributed by atoms with Crippen molar-refractivity contribution >= 4 is 17.4 Å². The lowest BCUT2D eigenvalue weighted by Crippen LogP contribution is -2.29. The number of hydrogen-bond donors (Lipinski definition) is 1. The van der Waals surface area contributed by atoms with Gasteiger partial charge in [-0.05, 0) is 24.0 Å². The fourth-order valence-corrected chi connectivity index (χ4v) is 3.48. The minimum absolute atomic E-state index is 0.119. The third-order valence-electron chi connectivity index (χ3n) is 5.11. The van der Waals surface area contributed by atoms with E-state index in [4.69, 9.17) is 0 Å². The summed E-state index contributed by atoms with van der Waals surface area (Å²) in [5.41, 5.74) is 3.64. The number of likely N-dealkylation sites (tertiary alicyclic amines) is 1. The fourth-order valence-electron chi connectivity index (χ4n) is 3.48. The van der Waals surface area contributed by atoms with Gasteiger partial charge in [0.15, 0.2) is 0 Å². The number of ketones is 1. The predicted molar refractivity (Wildman–Crippen MR) is 111 cm³/mol. The van der Waals surface area contributed by atoms with E-state index in [2.05, 4.69) is 20.4 Å². The fraction of sp³-hybridized carbons (Fsp3) is 0.250. The molecule has 1 fully saturated rings. The molecule has 3 rings (SSSR count). The summed E-state index contributed by atoms with van der Waals surface area (Å²) in [4.78, 5) is 26.9. The Morgan fingerprint density at radius 3 is 2.25 bits per heavy atom. The molecular formula is C24H25NO3. The highest BCUT2D eigenvalue weighted by Gasteiger charge is 2.45. The van der Waals surface area contributed by atoms with Gasteiger partial charge in [-0.1, -0.05) is 74.0 Å². The van der Waals surface area contributed by atoms with Crippen molar-refractivity contribution in [3.63, 3.8) is 0 Å². The minimum Gasteiger partial charge on any atom is -0.507 e. The molecule has 1 N–H and O–H groups in total. The summed E-state index contributed by atoms with van der Waals surface area (Å²) in [6.45, 7) is 10.1. The van der Waals surface area contributed by atoms with Gasteiger partial charge >= 0.3 is 0 Å². The second kappa shape index (κ2) is 7.85. The van der Waals surface area contributed by atoms with Crippen molar-refractivity contribution in [3.8, 4) is 0 Å². The molecule has 0 unspecified atom stereocenters. The van der Waals surface area contributed by atoms with Crippen LogP contribution in [-0.4, -0.2) is 28.2 Å². The van der Waals surface area contributed by atoms with Crippen molar-refractivity contribution in [2.24, 2.45) is 0 Å². The standard InChI is InChI=1S/C24H25NO3/c1-5-14-25-21(18-12-10-17(11-13-18)15(2)3)20(23(27)24(25)28)22(26)19-8-6-16(4)7-9-19/h5-13,15,21,26H,1,14H2,2-4H3/b22-20+/t21-/m0/s1. The monoisotopic (exact) mass is 375 g/mol. The van der Waals surface area contributed by atoms with Crippen LogP contribution in [0.4, 0.5) is 0 Å². The van der Waals surface area contributed by atoms with Gasteiger partial charge < -0.3 is 10.0 Å². The normalized spacial score (nSPS) is 18.7. The lowest BCUT2D eigenvalue weighted by Gasteiger charge is -2.24. The first kappa shape index (κ1) is 19.6. The number of carbonyl (C=O) groups excluding carboxylic acids is 2. The summed E-state index contributed by atoms with van der Waals surface area (Å²) in [6, 6.07) is 14.4. The Bertz CT molecular complexity index is 937. The first-order valence-electron chi connectivity index (χ1n) is 9.41. The number of nitrogens with zero attached hydrogens (tertiary/aromatic N) is 1. The highest BCUT2D eigenvalue weighted by Crippen LogP contribution is 2.39. The Hall–Kier alpha value is -3.14. The van der Waals surface area contributed by atoms with E-state index < -0.39 is 17.7 Å². The van der Waals surface area contributed by atoms with E-state index in [1.54, 1.807) is 18.2 Å². The van der Waals surface area contributed by atoms with E-state index in [1.165, 1.54) is 10.5 Å². The SMILES string of the molecule is C=CCN1C(=O)C(=O)/C(=C(/O)c2ccc(C)cc2)[C@@H]1c1ccc(C(C)C)cc1. The van der Waals surface area contributed by atoms with Crippen molar-refractivity contribution in [1.82, 2.24) is 4.90 Å². The molecule has 28 heavy (non-hydrogen) atoms. The van der Waals surface area contributed by atoms with E-state index in [-0.39, 0.29) is 17.9 Å². The smallest absolute Gasteiger partial charge is 0.295 e. The van der Waals surface area contributed by atoms with Crippen molar-refractivity contribution in [1.29, 1.82) is 0 Å². The number of rotatable bonds is 5. The molecule has 0 bridgehead atoms. The second-order valence-corrected chi connectivity index (χ2v) is 7.43. The number of aliphatic hydroxyl groups is 1. The van der Waals surface area contributed by atoms with E-state index in [9.17, 15) is 14.7 Å². The highest BCUT2D eigenvalue weighted by atomic mass is 16.3. The maximum absolute atomic E-state index is 12.8. The molecule has 1 amide bonds. The van der Waals surface area contributed by atoms with Gasteiger partial charge in [0, 0.05) is 12.1 Å². The molecule has 0 aliphatic carbocycles. The van der Waals surface area contributed by atoms with Gasteiger partial charge in [0.1, 0.15) is 5.76 Å². The molecular weight excluding hydrogens is 350 g/mol. The summed E-state index contributed by atoms with van der Waals surface area (Å²) < 4.78 is 0. The third-order valence-corrected chi connectivity index (χ3v) is 5.11. The molecule has 1 atom stereocenters.